The predicted molar refractivity (Wildman–Crippen MR) is 154 cm³/mol. The first kappa shape index (κ1) is 30.8. The van der Waals surface area contributed by atoms with Crippen molar-refractivity contribution >= 4 is 5.97 Å². The summed E-state index contributed by atoms with van der Waals surface area (Å²) < 4.78 is 60.5. The molecule has 0 bridgehead atoms. The molecule has 1 unspecified atom stereocenters. The molecule has 0 saturated carbocycles. The van der Waals surface area contributed by atoms with Crippen LogP contribution < -0.4 is 4.74 Å². The van der Waals surface area contributed by atoms with Gasteiger partial charge in [0, 0.05) is 25.6 Å². The fourth-order valence-corrected chi connectivity index (χ4v) is 4.97. The molecule has 0 aliphatic carbocycles. The van der Waals surface area contributed by atoms with Gasteiger partial charge in [-0.1, -0.05) is 78.9 Å². The summed E-state index contributed by atoms with van der Waals surface area (Å²) in [5.74, 6) is -1.74. The number of carboxylic acid groups (broad SMARTS) is 1. The molecular formula is C34H33F4NO3. The molecule has 0 aromatic heterocycles. The number of hydrogen-bond donors (Lipinski definition) is 1. The zero-order valence-corrected chi connectivity index (χ0v) is 23.2. The summed E-state index contributed by atoms with van der Waals surface area (Å²) in [6, 6.07) is 29.9. The van der Waals surface area contributed by atoms with E-state index in [1.54, 1.807) is 24.3 Å². The number of carboxylic acids is 1. The van der Waals surface area contributed by atoms with E-state index in [1.807, 2.05) is 67.6 Å². The highest BCUT2D eigenvalue weighted by atomic mass is 19.4. The highest BCUT2D eigenvalue weighted by molar-refractivity contribution is 5.70. The number of benzene rings is 4. The third-order valence-electron chi connectivity index (χ3n) is 7.03. The minimum Gasteiger partial charge on any atom is -0.491 e. The Morgan fingerprint density at radius 1 is 0.857 bits per heavy atom. The standard InChI is InChI=1S/C34H33F4NO3/c1-24(42-29-14-8-9-25(19-29)21-33(40)41)17-18-39(22-26-15-16-32(35)31(20-26)34(36,37)38)23-30(27-10-4-2-5-11-27)28-12-6-3-7-13-28/h2-16,19-20,24,30H,17-18,21-23H2,1H3,(H,40,41). The summed E-state index contributed by atoms with van der Waals surface area (Å²) >= 11 is 0. The number of ether oxygens (including phenoxy) is 1. The molecular weight excluding hydrogens is 546 g/mol. The largest absolute Gasteiger partial charge is 0.491 e. The van der Waals surface area contributed by atoms with Crippen molar-refractivity contribution in [3.8, 4) is 5.75 Å². The van der Waals surface area contributed by atoms with Crippen LogP contribution in [0, 0.1) is 5.82 Å². The van der Waals surface area contributed by atoms with E-state index in [9.17, 15) is 22.4 Å². The third-order valence-corrected chi connectivity index (χ3v) is 7.03. The molecule has 0 saturated heterocycles. The highest BCUT2D eigenvalue weighted by Crippen LogP contribution is 2.33. The lowest BCUT2D eigenvalue weighted by atomic mass is 9.90. The van der Waals surface area contributed by atoms with Crippen LogP contribution in [0.2, 0.25) is 0 Å². The average molecular weight is 580 g/mol. The Morgan fingerprint density at radius 2 is 1.50 bits per heavy atom. The molecule has 0 heterocycles. The van der Waals surface area contributed by atoms with Gasteiger partial charge in [-0.05, 0) is 59.9 Å². The SMILES string of the molecule is CC(CCN(Cc1ccc(F)c(C(F)(F)F)c1)CC(c1ccccc1)c1ccccc1)Oc1cccc(CC(=O)O)c1. The van der Waals surface area contributed by atoms with Crippen molar-refractivity contribution in [3.63, 3.8) is 0 Å². The van der Waals surface area contributed by atoms with Crippen LogP contribution in [-0.4, -0.2) is 35.2 Å². The van der Waals surface area contributed by atoms with Crippen LogP contribution in [-0.2, 0) is 23.9 Å². The molecule has 4 nitrogen and oxygen atoms in total. The lowest BCUT2D eigenvalue weighted by Gasteiger charge is -2.30. The number of rotatable bonds is 13. The van der Waals surface area contributed by atoms with Crippen LogP contribution in [0.3, 0.4) is 0 Å². The zero-order chi connectivity index (χ0) is 30.1. The molecule has 0 spiro atoms. The molecule has 0 aliphatic heterocycles. The monoisotopic (exact) mass is 579 g/mol. The lowest BCUT2D eigenvalue weighted by Crippen LogP contribution is -2.32. The molecule has 0 amide bonds. The Balaban J connectivity index is 1.57. The predicted octanol–water partition coefficient (Wildman–Crippen LogP) is 7.96. The molecule has 1 atom stereocenters. The second kappa shape index (κ2) is 14.1. The first-order valence-electron chi connectivity index (χ1n) is 13.7. The van der Waals surface area contributed by atoms with Gasteiger partial charge in [0.25, 0.3) is 0 Å². The quantitative estimate of drug-likeness (QED) is 0.163. The summed E-state index contributed by atoms with van der Waals surface area (Å²) in [6.45, 7) is 3.08. The Labute approximate surface area is 243 Å². The van der Waals surface area contributed by atoms with Gasteiger partial charge in [0.2, 0.25) is 0 Å². The molecule has 4 aromatic rings. The van der Waals surface area contributed by atoms with Crippen molar-refractivity contribution < 1.29 is 32.2 Å². The molecule has 4 aromatic carbocycles. The maximum Gasteiger partial charge on any atom is 0.419 e. The van der Waals surface area contributed by atoms with Crippen molar-refractivity contribution in [1.82, 2.24) is 4.90 Å². The molecule has 8 heteroatoms. The minimum atomic E-state index is -4.79. The summed E-state index contributed by atoms with van der Waals surface area (Å²) in [5.41, 5.74) is 1.85. The van der Waals surface area contributed by atoms with Crippen molar-refractivity contribution in [2.75, 3.05) is 13.1 Å². The molecule has 42 heavy (non-hydrogen) atoms. The van der Waals surface area contributed by atoms with Crippen molar-refractivity contribution in [3.05, 3.63) is 137 Å². The van der Waals surface area contributed by atoms with E-state index >= 15 is 0 Å². The van der Waals surface area contributed by atoms with Crippen molar-refractivity contribution in [1.29, 1.82) is 0 Å². The first-order valence-corrected chi connectivity index (χ1v) is 13.7. The lowest BCUT2D eigenvalue weighted by molar-refractivity contribution is -0.140. The van der Waals surface area contributed by atoms with E-state index in [0.29, 0.717) is 36.4 Å². The first-order chi connectivity index (χ1) is 20.1. The minimum absolute atomic E-state index is 0.0566. The van der Waals surface area contributed by atoms with Gasteiger partial charge in [0.05, 0.1) is 18.1 Å². The molecule has 1 N–H and O–H groups in total. The molecule has 0 radical (unpaired) electrons. The number of carbonyl (C=O) groups is 1. The number of halogens is 4. The van der Waals surface area contributed by atoms with Gasteiger partial charge in [0.15, 0.2) is 0 Å². The Kier molecular flexibility index (Phi) is 10.4. The number of alkyl halides is 3. The van der Waals surface area contributed by atoms with Gasteiger partial charge >= 0.3 is 12.1 Å². The van der Waals surface area contributed by atoms with E-state index in [1.165, 1.54) is 6.07 Å². The highest BCUT2D eigenvalue weighted by Gasteiger charge is 2.34. The number of aliphatic carboxylic acids is 1. The Morgan fingerprint density at radius 3 is 2.10 bits per heavy atom. The topological polar surface area (TPSA) is 49.8 Å². The van der Waals surface area contributed by atoms with E-state index in [0.717, 1.165) is 23.3 Å². The second-order valence-corrected chi connectivity index (χ2v) is 10.4. The Hall–Kier alpha value is -4.17. The summed E-state index contributed by atoms with van der Waals surface area (Å²) in [5, 5.41) is 9.09. The van der Waals surface area contributed by atoms with Gasteiger partial charge in [-0.25, -0.2) is 4.39 Å². The molecule has 220 valence electrons. The van der Waals surface area contributed by atoms with E-state index in [-0.39, 0.29) is 25.0 Å². The number of hydrogen-bond acceptors (Lipinski definition) is 3. The summed E-state index contributed by atoms with van der Waals surface area (Å²) in [7, 11) is 0. The second-order valence-electron chi connectivity index (χ2n) is 10.4. The maximum absolute atomic E-state index is 14.0. The van der Waals surface area contributed by atoms with Crippen molar-refractivity contribution in [2.45, 2.75) is 44.5 Å². The Bertz CT molecular complexity index is 1400. The van der Waals surface area contributed by atoms with Crippen molar-refractivity contribution in [2.24, 2.45) is 0 Å². The normalized spacial score (nSPS) is 12.5. The summed E-state index contributed by atoms with van der Waals surface area (Å²) in [6.07, 6.45) is -4.62. The smallest absolute Gasteiger partial charge is 0.419 e. The van der Waals surface area contributed by atoms with Crippen LogP contribution in [0.15, 0.2) is 103 Å². The molecule has 0 aliphatic rings. The van der Waals surface area contributed by atoms with E-state index in [4.69, 9.17) is 9.84 Å². The molecule has 0 fully saturated rings. The fraction of sp³-hybridized carbons (Fsp3) is 0.265. The van der Waals surface area contributed by atoms with Gasteiger partial charge in [0.1, 0.15) is 11.6 Å². The van der Waals surface area contributed by atoms with Crippen LogP contribution in [0.1, 0.15) is 47.1 Å². The third kappa shape index (κ3) is 8.91. The van der Waals surface area contributed by atoms with Gasteiger partial charge in [-0.15, -0.1) is 0 Å². The fourth-order valence-electron chi connectivity index (χ4n) is 4.97. The molecule has 4 rings (SSSR count). The number of nitrogens with zero attached hydrogens (tertiary/aromatic N) is 1. The van der Waals surface area contributed by atoms with Crippen LogP contribution >= 0.6 is 0 Å². The van der Waals surface area contributed by atoms with Crippen LogP contribution in [0.5, 0.6) is 5.75 Å². The van der Waals surface area contributed by atoms with Crippen LogP contribution in [0.4, 0.5) is 17.6 Å². The van der Waals surface area contributed by atoms with E-state index < -0.39 is 23.5 Å². The van der Waals surface area contributed by atoms with Gasteiger partial charge in [-0.2, -0.15) is 13.2 Å². The zero-order valence-electron chi connectivity index (χ0n) is 23.2. The summed E-state index contributed by atoms with van der Waals surface area (Å²) in [4.78, 5) is 13.2. The maximum atomic E-state index is 14.0. The van der Waals surface area contributed by atoms with Gasteiger partial charge < -0.3 is 9.84 Å². The van der Waals surface area contributed by atoms with Gasteiger partial charge in [-0.3, -0.25) is 9.69 Å². The van der Waals surface area contributed by atoms with Crippen LogP contribution in [0.25, 0.3) is 0 Å². The van der Waals surface area contributed by atoms with E-state index in [2.05, 4.69) is 4.90 Å². The average Bonchev–Trinajstić information content (AvgIpc) is 2.95.